The van der Waals surface area contributed by atoms with Gasteiger partial charge in [0.1, 0.15) is 18.3 Å². The third-order valence-electron chi connectivity index (χ3n) is 7.68. The number of hydrogen-bond acceptors (Lipinski definition) is 9. The van der Waals surface area contributed by atoms with Gasteiger partial charge in [-0.2, -0.15) is 9.97 Å². The van der Waals surface area contributed by atoms with Crippen LogP contribution in [0.4, 0.5) is 5.95 Å². The first kappa shape index (κ1) is 33.2. The number of aliphatic hydroxyl groups is 3. The molecule has 11 nitrogen and oxygen atoms in total. The summed E-state index contributed by atoms with van der Waals surface area (Å²) in [5.41, 5.74) is 0.639. The van der Waals surface area contributed by atoms with Crippen LogP contribution in [0.1, 0.15) is 117 Å². The monoisotopic (exact) mass is 577 g/mol. The van der Waals surface area contributed by atoms with Gasteiger partial charge < -0.3 is 24.8 Å². The van der Waals surface area contributed by atoms with Crippen molar-refractivity contribution in [1.82, 2.24) is 19.5 Å². The molecule has 2 aromatic rings. The summed E-state index contributed by atoms with van der Waals surface area (Å²) in [6.07, 6.45) is 14.7. The molecule has 11 heteroatoms. The number of aromatic nitrogens is 4. The molecule has 232 valence electrons. The molecule has 41 heavy (non-hydrogen) atoms. The van der Waals surface area contributed by atoms with Crippen LogP contribution in [0.15, 0.2) is 6.33 Å². The lowest BCUT2D eigenvalue weighted by Gasteiger charge is -2.17. The Morgan fingerprint density at radius 3 is 2.07 bits per heavy atom. The molecule has 1 fully saturated rings. The molecule has 0 saturated carbocycles. The third-order valence-corrected chi connectivity index (χ3v) is 7.68. The minimum atomic E-state index is -1.30. The molecule has 2 aromatic heterocycles. The molecule has 0 aromatic carbocycles. The number of rotatable bonds is 20. The van der Waals surface area contributed by atoms with Crippen LogP contribution in [-0.4, -0.2) is 72.3 Å². The van der Waals surface area contributed by atoms with Crippen molar-refractivity contribution in [1.29, 1.82) is 0 Å². The fourth-order valence-electron chi connectivity index (χ4n) is 5.06. The van der Waals surface area contributed by atoms with Crippen LogP contribution in [0.5, 0.6) is 5.88 Å². The van der Waals surface area contributed by atoms with E-state index in [2.05, 4.69) is 27.2 Å². The number of carbonyl (C=O) groups excluding carboxylic acids is 1. The smallest absolute Gasteiger partial charge is 0.247 e. The highest BCUT2D eigenvalue weighted by Gasteiger charge is 2.44. The van der Waals surface area contributed by atoms with Crippen LogP contribution in [0.3, 0.4) is 0 Å². The Labute approximate surface area is 244 Å². The molecule has 4 atom stereocenters. The standard InChI is InChI=1S/C30H51N5O6/c1-4-5-6-7-8-9-10-11-12-13-14-15-16-17-18-40-28-23-26(32-30(34-28)33-27(39)21(2)3)35(20-31-23)29-25(38)24(37)22(19-36)41-29/h20-22,24-25,29,36-38H,4-19H2,1-3H3,(H,32,33,34,39). The third kappa shape index (κ3) is 9.87. The van der Waals surface area contributed by atoms with E-state index in [1.54, 1.807) is 13.8 Å². The number of amides is 1. The van der Waals surface area contributed by atoms with E-state index in [0.717, 1.165) is 19.3 Å². The van der Waals surface area contributed by atoms with Crippen LogP contribution in [0, 0.1) is 5.92 Å². The van der Waals surface area contributed by atoms with Gasteiger partial charge in [0, 0.05) is 5.92 Å². The second-order valence-corrected chi connectivity index (χ2v) is 11.5. The predicted octanol–water partition coefficient (Wildman–Crippen LogP) is 4.89. The van der Waals surface area contributed by atoms with Crippen molar-refractivity contribution in [2.45, 2.75) is 135 Å². The molecule has 0 radical (unpaired) electrons. The number of anilines is 1. The highest BCUT2D eigenvalue weighted by Crippen LogP contribution is 2.33. The molecule has 0 spiro atoms. The zero-order chi connectivity index (χ0) is 29.6. The summed E-state index contributed by atoms with van der Waals surface area (Å²) in [5, 5.41) is 32.9. The van der Waals surface area contributed by atoms with E-state index in [1.165, 1.54) is 81.5 Å². The number of nitrogens with one attached hydrogen (secondary N) is 1. The van der Waals surface area contributed by atoms with Crippen LogP contribution in [0.25, 0.3) is 11.2 Å². The minimum absolute atomic E-state index is 0.0562. The van der Waals surface area contributed by atoms with E-state index in [1.807, 2.05) is 0 Å². The maximum atomic E-state index is 12.3. The number of fused-ring (bicyclic) bond motifs is 1. The van der Waals surface area contributed by atoms with Gasteiger partial charge >= 0.3 is 0 Å². The second-order valence-electron chi connectivity index (χ2n) is 11.5. The molecule has 1 aliphatic heterocycles. The maximum Gasteiger partial charge on any atom is 0.247 e. The van der Waals surface area contributed by atoms with Crippen molar-refractivity contribution in [2.75, 3.05) is 18.5 Å². The Morgan fingerprint density at radius 1 is 0.951 bits per heavy atom. The van der Waals surface area contributed by atoms with Gasteiger partial charge in [0.25, 0.3) is 0 Å². The number of unbranched alkanes of at least 4 members (excludes halogenated alkanes) is 13. The van der Waals surface area contributed by atoms with E-state index >= 15 is 0 Å². The Morgan fingerprint density at radius 2 is 1.54 bits per heavy atom. The fraction of sp³-hybridized carbons (Fsp3) is 0.800. The zero-order valence-corrected chi connectivity index (χ0v) is 25.1. The van der Waals surface area contributed by atoms with Gasteiger partial charge in [0.2, 0.25) is 17.7 Å². The number of imidazole rings is 1. The van der Waals surface area contributed by atoms with Crippen LogP contribution in [0.2, 0.25) is 0 Å². The summed E-state index contributed by atoms with van der Waals surface area (Å²) >= 11 is 0. The minimum Gasteiger partial charge on any atom is -0.476 e. The maximum absolute atomic E-state index is 12.3. The molecule has 1 saturated heterocycles. The first-order valence-electron chi connectivity index (χ1n) is 15.7. The van der Waals surface area contributed by atoms with Gasteiger partial charge in [-0.3, -0.25) is 14.7 Å². The summed E-state index contributed by atoms with van der Waals surface area (Å²) in [6.45, 7) is 5.80. The first-order chi connectivity index (χ1) is 19.9. The van der Waals surface area contributed by atoms with E-state index in [9.17, 15) is 20.1 Å². The highest BCUT2D eigenvalue weighted by atomic mass is 16.6. The second kappa shape index (κ2) is 17.6. The van der Waals surface area contributed by atoms with E-state index in [0.29, 0.717) is 12.1 Å². The van der Waals surface area contributed by atoms with Crippen LogP contribution < -0.4 is 10.1 Å². The number of aliphatic hydroxyl groups excluding tert-OH is 3. The topological polar surface area (TPSA) is 152 Å². The lowest BCUT2D eigenvalue weighted by Crippen LogP contribution is -2.33. The van der Waals surface area contributed by atoms with Crippen LogP contribution in [-0.2, 0) is 9.53 Å². The molecule has 4 N–H and O–H groups in total. The van der Waals surface area contributed by atoms with Crippen molar-refractivity contribution in [3.05, 3.63) is 6.33 Å². The summed E-state index contributed by atoms with van der Waals surface area (Å²) < 4.78 is 13.1. The highest BCUT2D eigenvalue weighted by molar-refractivity contribution is 5.91. The fourth-order valence-corrected chi connectivity index (χ4v) is 5.06. The van der Waals surface area contributed by atoms with Crippen molar-refractivity contribution >= 4 is 23.0 Å². The Hall–Kier alpha value is -2.34. The SMILES string of the molecule is CCCCCCCCCCCCCCCCOc1nc(NC(=O)C(C)C)nc2c1ncn2C1OC(CO)C(O)C1O. The Kier molecular flexibility index (Phi) is 14.2. The summed E-state index contributed by atoms with van der Waals surface area (Å²) in [5.74, 6) is -0.240. The molecule has 3 rings (SSSR count). The van der Waals surface area contributed by atoms with E-state index in [-0.39, 0.29) is 29.3 Å². The lowest BCUT2D eigenvalue weighted by molar-refractivity contribution is -0.118. The van der Waals surface area contributed by atoms with Crippen LogP contribution >= 0.6 is 0 Å². The van der Waals surface area contributed by atoms with Gasteiger partial charge in [0.05, 0.1) is 19.5 Å². The molecule has 1 amide bonds. The Bertz CT molecular complexity index is 1050. The van der Waals surface area contributed by atoms with Gasteiger partial charge in [-0.1, -0.05) is 104 Å². The largest absolute Gasteiger partial charge is 0.476 e. The predicted molar refractivity (Wildman–Crippen MR) is 158 cm³/mol. The molecular weight excluding hydrogens is 526 g/mol. The van der Waals surface area contributed by atoms with Crippen molar-refractivity contribution in [2.24, 2.45) is 5.92 Å². The van der Waals surface area contributed by atoms with Crippen molar-refractivity contribution in [3.63, 3.8) is 0 Å². The van der Waals surface area contributed by atoms with Crippen molar-refractivity contribution < 1.29 is 29.6 Å². The molecule has 4 unspecified atom stereocenters. The number of carbonyl (C=O) groups is 1. The lowest BCUT2D eigenvalue weighted by atomic mass is 10.0. The van der Waals surface area contributed by atoms with E-state index in [4.69, 9.17) is 9.47 Å². The van der Waals surface area contributed by atoms with Crippen molar-refractivity contribution in [3.8, 4) is 5.88 Å². The normalized spacial score (nSPS) is 20.8. The van der Waals surface area contributed by atoms with Gasteiger partial charge in [-0.05, 0) is 6.42 Å². The van der Waals surface area contributed by atoms with E-state index < -0.39 is 31.1 Å². The molecule has 3 heterocycles. The molecular formula is C30H51N5O6. The first-order valence-corrected chi connectivity index (χ1v) is 15.7. The summed E-state index contributed by atoms with van der Waals surface area (Å²) in [7, 11) is 0. The number of hydrogen-bond donors (Lipinski definition) is 4. The molecule has 0 aliphatic carbocycles. The molecule has 0 bridgehead atoms. The number of nitrogens with zero attached hydrogens (tertiary/aromatic N) is 4. The average molecular weight is 578 g/mol. The number of ether oxygens (including phenoxy) is 2. The van der Waals surface area contributed by atoms with Gasteiger partial charge in [-0.25, -0.2) is 4.98 Å². The van der Waals surface area contributed by atoms with Gasteiger partial charge in [-0.15, -0.1) is 0 Å². The average Bonchev–Trinajstić information content (AvgIpc) is 3.50. The zero-order valence-electron chi connectivity index (χ0n) is 25.1. The summed E-state index contributed by atoms with van der Waals surface area (Å²) in [4.78, 5) is 25.6. The Balaban J connectivity index is 1.49. The quantitative estimate of drug-likeness (QED) is 0.161. The summed E-state index contributed by atoms with van der Waals surface area (Å²) in [6, 6.07) is 0. The molecule has 1 aliphatic rings. The van der Waals surface area contributed by atoms with Gasteiger partial charge in [0.15, 0.2) is 17.4 Å².